The molecule has 0 radical (unpaired) electrons. The lowest BCUT2D eigenvalue weighted by Crippen LogP contribution is -2.54. The molecule has 1 unspecified atom stereocenters. The Labute approximate surface area is 242 Å². The Morgan fingerprint density at radius 1 is 0.946 bits per heavy atom. The summed E-state index contributed by atoms with van der Waals surface area (Å²) >= 11 is 17.6. The zero-order valence-electron chi connectivity index (χ0n) is 21.1. The first-order valence-electron chi connectivity index (χ1n) is 11.9. The fourth-order valence-electron chi connectivity index (χ4n) is 3.83. The summed E-state index contributed by atoms with van der Waals surface area (Å²) in [6.45, 7) is 6.12. The van der Waals surface area contributed by atoms with Gasteiger partial charge < -0.3 is 10.2 Å². The minimum absolute atomic E-state index is 0.127. The van der Waals surface area contributed by atoms with Crippen LogP contribution in [-0.4, -0.2) is 34.0 Å². The number of thioether (sulfide) groups is 1. The molecule has 3 rings (SSSR count). The molecule has 0 spiro atoms. The van der Waals surface area contributed by atoms with Gasteiger partial charge in [-0.05, 0) is 61.7 Å². The first-order valence-corrected chi connectivity index (χ1v) is 14.6. The molecular weight excluding hydrogens is 591 g/mol. The van der Waals surface area contributed by atoms with Crippen LogP contribution in [0.5, 0.6) is 0 Å². The fourth-order valence-corrected chi connectivity index (χ4v) is 5.93. The van der Waals surface area contributed by atoms with Crippen LogP contribution in [0.25, 0.3) is 0 Å². The molecular formula is C29H31BrCl2N2O2S. The number of amides is 2. The molecule has 0 saturated heterocycles. The van der Waals surface area contributed by atoms with Gasteiger partial charge in [0.05, 0.1) is 5.75 Å². The van der Waals surface area contributed by atoms with Gasteiger partial charge in [0.15, 0.2) is 0 Å². The topological polar surface area (TPSA) is 49.4 Å². The molecule has 0 aliphatic rings. The van der Waals surface area contributed by atoms with Crippen LogP contribution >= 0.6 is 50.9 Å². The quantitative estimate of drug-likeness (QED) is 0.254. The molecule has 0 fully saturated rings. The van der Waals surface area contributed by atoms with Gasteiger partial charge in [0, 0.05) is 38.8 Å². The van der Waals surface area contributed by atoms with E-state index in [-0.39, 0.29) is 17.6 Å². The van der Waals surface area contributed by atoms with E-state index in [1.54, 1.807) is 23.1 Å². The predicted octanol–water partition coefficient (Wildman–Crippen LogP) is 7.54. The molecule has 3 aromatic rings. The first kappa shape index (κ1) is 29.6. The molecule has 0 aliphatic heterocycles. The van der Waals surface area contributed by atoms with Gasteiger partial charge in [-0.25, -0.2) is 0 Å². The van der Waals surface area contributed by atoms with Crippen molar-refractivity contribution in [3.63, 3.8) is 0 Å². The lowest BCUT2D eigenvalue weighted by atomic mass is 10.0. The van der Waals surface area contributed by atoms with E-state index >= 15 is 0 Å². The zero-order chi connectivity index (χ0) is 27.0. The van der Waals surface area contributed by atoms with E-state index in [2.05, 4.69) is 21.2 Å². The van der Waals surface area contributed by atoms with E-state index < -0.39 is 11.6 Å². The van der Waals surface area contributed by atoms with E-state index in [1.165, 1.54) is 11.8 Å². The van der Waals surface area contributed by atoms with Crippen molar-refractivity contribution in [1.29, 1.82) is 0 Å². The summed E-state index contributed by atoms with van der Waals surface area (Å²) < 4.78 is 0.916. The van der Waals surface area contributed by atoms with Gasteiger partial charge in [0.1, 0.15) is 6.04 Å². The number of nitrogens with one attached hydrogen (secondary N) is 1. The Hall–Kier alpha value is -1.99. The van der Waals surface area contributed by atoms with Crippen molar-refractivity contribution in [2.75, 3.05) is 5.75 Å². The first-order chi connectivity index (χ1) is 17.5. The highest BCUT2D eigenvalue weighted by Crippen LogP contribution is 2.29. The average Bonchev–Trinajstić information content (AvgIpc) is 2.82. The van der Waals surface area contributed by atoms with E-state index in [0.717, 1.165) is 21.2 Å². The molecule has 1 N–H and O–H groups in total. The van der Waals surface area contributed by atoms with Crippen LogP contribution in [0.15, 0.2) is 77.3 Å². The number of rotatable bonds is 10. The van der Waals surface area contributed by atoms with Gasteiger partial charge in [0.25, 0.3) is 0 Å². The smallest absolute Gasteiger partial charge is 0.243 e. The highest BCUT2D eigenvalue weighted by molar-refractivity contribution is 9.10. The van der Waals surface area contributed by atoms with Gasteiger partial charge in [-0.1, -0.05) is 87.7 Å². The molecule has 37 heavy (non-hydrogen) atoms. The lowest BCUT2D eigenvalue weighted by Gasteiger charge is -2.34. The molecule has 0 saturated carbocycles. The van der Waals surface area contributed by atoms with Crippen molar-refractivity contribution >= 4 is 62.7 Å². The molecule has 1 atom stereocenters. The average molecular weight is 622 g/mol. The van der Waals surface area contributed by atoms with Gasteiger partial charge in [-0.3, -0.25) is 9.59 Å². The summed E-state index contributed by atoms with van der Waals surface area (Å²) in [5, 5.41) is 4.23. The SMILES string of the molecule is CC(C)(C)NC(=O)C(Cc1ccccc1)N(Cc1cccc(Br)c1)C(=O)CSCc1c(Cl)cccc1Cl. The highest BCUT2D eigenvalue weighted by Gasteiger charge is 2.32. The van der Waals surface area contributed by atoms with Crippen molar-refractivity contribution in [2.24, 2.45) is 0 Å². The van der Waals surface area contributed by atoms with E-state index in [4.69, 9.17) is 23.2 Å². The van der Waals surface area contributed by atoms with Gasteiger partial charge in [-0.2, -0.15) is 0 Å². The van der Waals surface area contributed by atoms with Gasteiger partial charge in [-0.15, -0.1) is 11.8 Å². The third-order valence-electron chi connectivity index (χ3n) is 5.54. The van der Waals surface area contributed by atoms with Crippen LogP contribution in [0.1, 0.15) is 37.5 Å². The van der Waals surface area contributed by atoms with Crippen molar-refractivity contribution in [3.8, 4) is 0 Å². The Kier molecular flexibility index (Phi) is 10.9. The van der Waals surface area contributed by atoms with Crippen molar-refractivity contribution in [3.05, 3.63) is 104 Å². The second kappa shape index (κ2) is 13.7. The largest absolute Gasteiger partial charge is 0.350 e. The van der Waals surface area contributed by atoms with Crippen LogP contribution in [0.4, 0.5) is 0 Å². The molecule has 0 bridgehead atoms. The highest BCUT2D eigenvalue weighted by atomic mass is 79.9. The lowest BCUT2D eigenvalue weighted by molar-refractivity contribution is -0.140. The van der Waals surface area contributed by atoms with E-state index in [0.29, 0.717) is 28.8 Å². The monoisotopic (exact) mass is 620 g/mol. The van der Waals surface area contributed by atoms with Gasteiger partial charge in [0.2, 0.25) is 11.8 Å². The van der Waals surface area contributed by atoms with E-state index in [9.17, 15) is 9.59 Å². The minimum Gasteiger partial charge on any atom is -0.350 e. The Morgan fingerprint density at radius 2 is 1.57 bits per heavy atom. The zero-order valence-corrected chi connectivity index (χ0v) is 25.1. The number of hydrogen-bond donors (Lipinski definition) is 1. The number of halogens is 3. The summed E-state index contributed by atoms with van der Waals surface area (Å²) in [5.74, 6) is 0.368. The molecule has 3 aromatic carbocycles. The fraction of sp³-hybridized carbons (Fsp3) is 0.310. The summed E-state index contributed by atoms with van der Waals surface area (Å²) in [5.41, 5.74) is 2.28. The van der Waals surface area contributed by atoms with Crippen LogP contribution in [0, 0.1) is 0 Å². The number of carbonyl (C=O) groups is 2. The van der Waals surface area contributed by atoms with Crippen LogP contribution < -0.4 is 5.32 Å². The number of nitrogens with zero attached hydrogens (tertiary/aromatic N) is 1. The Bertz CT molecular complexity index is 1200. The molecule has 2 amide bonds. The number of hydrogen-bond acceptors (Lipinski definition) is 3. The summed E-state index contributed by atoms with van der Waals surface area (Å²) in [6.07, 6.45) is 0.406. The summed E-state index contributed by atoms with van der Waals surface area (Å²) in [7, 11) is 0. The van der Waals surface area contributed by atoms with E-state index in [1.807, 2.05) is 75.4 Å². The normalized spacial score (nSPS) is 12.2. The van der Waals surface area contributed by atoms with Crippen molar-refractivity contribution in [2.45, 2.75) is 51.1 Å². The summed E-state index contributed by atoms with van der Waals surface area (Å²) in [4.78, 5) is 29.0. The molecule has 196 valence electrons. The number of benzene rings is 3. The summed E-state index contributed by atoms with van der Waals surface area (Å²) in [6, 6.07) is 22.3. The van der Waals surface area contributed by atoms with Gasteiger partial charge >= 0.3 is 0 Å². The van der Waals surface area contributed by atoms with Crippen LogP contribution in [0.2, 0.25) is 10.0 Å². The second-order valence-corrected chi connectivity index (χ2v) is 12.5. The molecule has 0 aromatic heterocycles. The third-order valence-corrected chi connectivity index (χ3v) is 7.69. The molecule has 0 aliphatic carbocycles. The standard InChI is InChI=1S/C29H31BrCl2N2O2S/c1-29(2,3)33-28(36)26(16-20-9-5-4-6-10-20)34(17-21-11-7-12-22(30)15-21)27(35)19-37-18-23-24(31)13-8-14-25(23)32/h4-15,26H,16-19H2,1-3H3,(H,33,36). The molecule has 8 heteroatoms. The van der Waals surface area contributed by atoms with Crippen molar-refractivity contribution in [1.82, 2.24) is 10.2 Å². The van der Waals surface area contributed by atoms with Crippen LogP contribution in [-0.2, 0) is 28.3 Å². The maximum atomic E-state index is 13.7. The Balaban J connectivity index is 1.89. The molecule has 0 heterocycles. The third kappa shape index (κ3) is 9.36. The second-order valence-electron chi connectivity index (χ2n) is 9.79. The van der Waals surface area contributed by atoms with Crippen molar-refractivity contribution < 1.29 is 9.59 Å². The maximum absolute atomic E-state index is 13.7. The Morgan fingerprint density at radius 3 is 2.19 bits per heavy atom. The minimum atomic E-state index is -0.683. The predicted molar refractivity (Wildman–Crippen MR) is 159 cm³/mol. The maximum Gasteiger partial charge on any atom is 0.243 e. The number of carbonyl (C=O) groups excluding carboxylic acids is 2. The van der Waals surface area contributed by atoms with Crippen LogP contribution in [0.3, 0.4) is 0 Å². The molecule has 4 nitrogen and oxygen atoms in total.